The number of halogens is 6. The zero-order valence-electron chi connectivity index (χ0n) is 13.2. The second kappa shape index (κ2) is 6.54. The van der Waals surface area contributed by atoms with Crippen LogP contribution < -0.4 is 10.6 Å². The highest BCUT2D eigenvalue weighted by Crippen LogP contribution is 2.38. The molecule has 9 heteroatoms. The predicted molar refractivity (Wildman–Crippen MR) is 85.6 cm³/mol. The maximum Gasteiger partial charge on any atom is 0.416 e. The summed E-state index contributed by atoms with van der Waals surface area (Å²) in [5.41, 5.74) is -1.99. The first-order chi connectivity index (χ1) is 12.1. The summed E-state index contributed by atoms with van der Waals surface area (Å²) in [7, 11) is 0. The second-order valence-corrected chi connectivity index (χ2v) is 5.66. The molecule has 0 saturated carbocycles. The van der Waals surface area contributed by atoms with Gasteiger partial charge in [-0.2, -0.15) is 26.3 Å². The van der Waals surface area contributed by atoms with Crippen LogP contribution in [0, 0.1) is 0 Å². The number of aliphatic imine (C=N–C) groups is 1. The fourth-order valence-electron chi connectivity index (χ4n) is 2.53. The molecule has 0 bridgehead atoms. The van der Waals surface area contributed by atoms with Crippen molar-refractivity contribution in [2.24, 2.45) is 4.99 Å². The number of rotatable bonds is 3. The van der Waals surface area contributed by atoms with Gasteiger partial charge in [0.1, 0.15) is 5.84 Å². The summed E-state index contributed by atoms with van der Waals surface area (Å²) in [6.07, 6.45) is -9.77. The average Bonchev–Trinajstić information content (AvgIpc) is 3.08. The molecule has 0 amide bonds. The molecule has 2 N–H and O–H groups in total. The number of benzene rings is 2. The molecule has 0 saturated heterocycles. The first kappa shape index (κ1) is 18.1. The molecule has 3 rings (SSSR count). The standard InChI is InChI=1S/C17H13F6N3/c18-16(19,20)11-7-12(17(21,22)23)9-14(8-11)26-13-3-1-2-10(6-13)15-24-4-5-25-15/h1-3,6-9,26H,4-5H2,(H,24,25). The Morgan fingerprint density at radius 3 is 2.04 bits per heavy atom. The van der Waals surface area contributed by atoms with E-state index in [1.807, 2.05) is 0 Å². The Bertz CT molecular complexity index is 807. The van der Waals surface area contributed by atoms with E-state index >= 15 is 0 Å². The van der Waals surface area contributed by atoms with Crippen molar-refractivity contribution < 1.29 is 26.3 Å². The number of nitrogens with zero attached hydrogens (tertiary/aromatic N) is 1. The largest absolute Gasteiger partial charge is 0.416 e. The van der Waals surface area contributed by atoms with Gasteiger partial charge in [-0.1, -0.05) is 12.1 Å². The normalized spacial score (nSPS) is 14.8. The van der Waals surface area contributed by atoms with E-state index in [0.717, 1.165) is 0 Å². The van der Waals surface area contributed by atoms with E-state index in [-0.39, 0.29) is 11.8 Å². The highest BCUT2D eigenvalue weighted by Gasteiger charge is 2.36. The molecule has 3 nitrogen and oxygen atoms in total. The van der Waals surface area contributed by atoms with Crippen LogP contribution in [0.1, 0.15) is 16.7 Å². The lowest BCUT2D eigenvalue weighted by Gasteiger charge is -2.15. The van der Waals surface area contributed by atoms with Gasteiger partial charge in [-0.3, -0.25) is 4.99 Å². The lowest BCUT2D eigenvalue weighted by atomic mass is 10.1. The van der Waals surface area contributed by atoms with Crippen LogP contribution in [0.4, 0.5) is 37.7 Å². The van der Waals surface area contributed by atoms with Crippen LogP contribution in [0.15, 0.2) is 47.5 Å². The third-order valence-corrected chi connectivity index (χ3v) is 3.69. The zero-order chi connectivity index (χ0) is 18.9. The summed E-state index contributed by atoms with van der Waals surface area (Å²) in [6.45, 7) is 1.28. The quantitative estimate of drug-likeness (QED) is 0.757. The van der Waals surface area contributed by atoms with Crippen molar-refractivity contribution in [3.05, 3.63) is 59.2 Å². The Kier molecular flexibility index (Phi) is 4.55. The summed E-state index contributed by atoms with van der Waals surface area (Å²) in [6, 6.07) is 7.92. The molecule has 1 aliphatic heterocycles. The molecule has 0 fully saturated rings. The van der Waals surface area contributed by atoms with Crippen LogP contribution in [-0.2, 0) is 12.4 Å². The van der Waals surface area contributed by atoms with Crippen LogP contribution in [0.25, 0.3) is 0 Å². The smallest absolute Gasteiger partial charge is 0.368 e. The molecule has 0 radical (unpaired) electrons. The minimum Gasteiger partial charge on any atom is -0.368 e. The van der Waals surface area contributed by atoms with E-state index in [1.165, 1.54) is 0 Å². The molecule has 0 aliphatic carbocycles. The Balaban J connectivity index is 1.95. The highest BCUT2D eigenvalue weighted by molar-refractivity contribution is 6.00. The Labute approximate surface area is 144 Å². The van der Waals surface area contributed by atoms with Crippen molar-refractivity contribution in [1.29, 1.82) is 0 Å². The Morgan fingerprint density at radius 2 is 1.50 bits per heavy atom. The summed E-state index contributed by atoms with van der Waals surface area (Å²) in [5, 5.41) is 5.66. The Hall–Kier alpha value is -2.71. The third-order valence-electron chi connectivity index (χ3n) is 3.69. The lowest BCUT2D eigenvalue weighted by molar-refractivity contribution is -0.143. The monoisotopic (exact) mass is 373 g/mol. The molecule has 2 aromatic carbocycles. The molecule has 2 aromatic rings. The second-order valence-electron chi connectivity index (χ2n) is 5.66. The van der Waals surface area contributed by atoms with Gasteiger partial charge in [0.2, 0.25) is 0 Å². The molecule has 1 aliphatic rings. The van der Waals surface area contributed by atoms with Gasteiger partial charge in [0, 0.05) is 23.5 Å². The third kappa shape index (κ3) is 4.09. The van der Waals surface area contributed by atoms with Crippen LogP contribution in [-0.4, -0.2) is 18.9 Å². The number of amidine groups is 1. The minimum atomic E-state index is -4.89. The SMILES string of the molecule is FC(F)(F)c1cc(Nc2cccc(C3=NCCN3)c2)cc(C(F)(F)F)c1. The van der Waals surface area contributed by atoms with Crippen LogP contribution in [0.3, 0.4) is 0 Å². The van der Waals surface area contributed by atoms with Crippen molar-refractivity contribution in [3.8, 4) is 0 Å². The highest BCUT2D eigenvalue weighted by atomic mass is 19.4. The van der Waals surface area contributed by atoms with E-state index in [1.54, 1.807) is 24.3 Å². The minimum absolute atomic E-state index is 0.0960. The molecule has 0 unspecified atom stereocenters. The van der Waals surface area contributed by atoms with Gasteiger partial charge in [0.15, 0.2) is 0 Å². The molecular formula is C17H13F6N3. The molecular weight excluding hydrogens is 360 g/mol. The number of anilines is 2. The number of nitrogens with one attached hydrogen (secondary N) is 2. The molecule has 1 heterocycles. The number of hydrogen-bond acceptors (Lipinski definition) is 3. The van der Waals surface area contributed by atoms with Crippen LogP contribution in [0.5, 0.6) is 0 Å². The maximum absolute atomic E-state index is 12.9. The number of hydrogen-bond donors (Lipinski definition) is 2. The predicted octanol–water partition coefficient (Wildman–Crippen LogP) is 4.82. The topological polar surface area (TPSA) is 36.4 Å². The van der Waals surface area contributed by atoms with Gasteiger partial charge >= 0.3 is 12.4 Å². The maximum atomic E-state index is 12.9. The fourth-order valence-corrected chi connectivity index (χ4v) is 2.53. The van der Waals surface area contributed by atoms with Gasteiger partial charge < -0.3 is 10.6 Å². The zero-order valence-corrected chi connectivity index (χ0v) is 13.2. The molecule has 138 valence electrons. The van der Waals surface area contributed by atoms with Crippen LogP contribution >= 0.6 is 0 Å². The van der Waals surface area contributed by atoms with Gasteiger partial charge in [-0.25, -0.2) is 0 Å². The summed E-state index contributed by atoms with van der Waals surface area (Å²) in [4.78, 5) is 4.23. The van der Waals surface area contributed by atoms with Crippen molar-refractivity contribution in [3.63, 3.8) is 0 Å². The van der Waals surface area contributed by atoms with Crippen molar-refractivity contribution in [2.45, 2.75) is 12.4 Å². The molecule has 0 aromatic heterocycles. The Morgan fingerprint density at radius 1 is 0.846 bits per heavy atom. The van der Waals surface area contributed by atoms with Gasteiger partial charge in [-0.05, 0) is 30.3 Å². The molecule has 0 spiro atoms. The first-order valence-electron chi connectivity index (χ1n) is 7.58. The van der Waals surface area contributed by atoms with E-state index in [2.05, 4.69) is 15.6 Å². The average molecular weight is 373 g/mol. The van der Waals surface area contributed by atoms with Crippen molar-refractivity contribution in [2.75, 3.05) is 18.4 Å². The van der Waals surface area contributed by atoms with E-state index < -0.39 is 23.5 Å². The first-order valence-corrected chi connectivity index (χ1v) is 7.58. The van der Waals surface area contributed by atoms with Gasteiger partial charge in [0.05, 0.1) is 17.7 Å². The van der Waals surface area contributed by atoms with E-state index in [4.69, 9.17) is 0 Å². The van der Waals surface area contributed by atoms with Gasteiger partial charge in [0.25, 0.3) is 0 Å². The molecule has 26 heavy (non-hydrogen) atoms. The summed E-state index contributed by atoms with van der Waals surface area (Å²) >= 11 is 0. The van der Waals surface area contributed by atoms with Crippen LogP contribution in [0.2, 0.25) is 0 Å². The summed E-state index contributed by atoms with van der Waals surface area (Å²) in [5.74, 6) is 0.633. The fraction of sp³-hybridized carbons (Fsp3) is 0.235. The van der Waals surface area contributed by atoms with E-state index in [9.17, 15) is 26.3 Å². The lowest BCUT2D eigenvalue weighted by Crippen LogP contribution is -2.19. The number of alkyl halides is 6. The van der Waals surface area contributed by atoms with Crippen molar-refractivity contribution in [1.82, 2.24) is 5.32 Å². The molecule has 0 atom stereocenters. The van der Waals surface area contributed by atoms with Gasteiger partial charge in [-0.15, -0.1) is 0 Å². The van der Waals surface area contributed by atoms with Crippen molar-refractivity contribution >= 4 is 17.2 Å². The summed E-state index contributed by atoms with van der Waals surface area (Å²) < 4.78 is 77.5. The van der Waals surface area contributed by atoms with E-state index in [0.29, 0.717) is 42.3 Å².